The molecular weight excluding hydrogens is 369 g/mol. The van der Waals surface area contributed by atoms with Crippen LogP contribution in [0.5, 0.6) is 0 Å². The molecule has 0 bridgehead atoms. The van der Waals surface area contributed by atoms with Crippen LogP contribution in [0.15, 0.2) is 18.3 Å². The van der Waals surface area contributed by atoms with E-state index in [9.17, 15) is 18.0 Å². The summed E-state index contributed by atoms with van der Waals surface area (Å²) in [4.78, 5) is 23.1. The Kier molecular flexibility index (Phi) is 6.47. The Hall–Kier alpha value is -1.83. The monoisotopic (exact) mass is 398 g/mol. The summed E-state index contributed by atoms with van der Waals surface area (Å²) in [5.74, 6) is 1.32. The first-order chi connectivity index (χ1) is 13.2. The number of nitrogens with zero attached hydrogens (tertiary/aromatic N) is 4. The van der Waals surface area contributed by atoms with E-state index >= 15 is 0 Å². The largest absolute Gasteiger partial charge is 0.417 e. The average molecular weight is 398 g/mol. The molecule has 28 heavy (non-hydrogen) atoms. The number of halogens is 3. The maximum absolute atomic E-state index is 12.9. The van der Waals surface area contributed by atoms with E-state index in [2.05, 4.69) is 24.0 Å². The van der Waals surface area contributed by atoms with E-state index in [0.29, 0.717) is 24.8 Å². The summed E-state index contributed by atoms with van der Waals surface area (Å²) in [6.07, 6.45) is 0.167. The van der Waals surface area contributed by atoms with Crippen molar-refractivity contribution in [3.8, 4) is 0 Å². The summed E-state index contributed by atoms with van der Waals surface area (Å²) in [7, 11) is 4.12. The van der Waals surface area contributed by atoms with Gasteiger partial charge in [0, 0.05) is 44.8 Å². The number of pyridine rings is 1. The summed E-state index contributed by atoms with van der Waals surface area (Å²) < 4.78 is 38.0. The molecule has 3 rings (SSSR count). The predicted octanol–water partition coefficient (Wildman–Crippen LogP) is 3.12. The number of alkyl halides is 3. The van der Waals surface area contributed by atoms with Gasteiger partial charge in [0.15, 0.2) is 0 Å². The van der Waals surface area contributed by atoms with Gasteiger partial charge >= 0.3 is 6.18 Å². The summed E-state index contributed by atoms with van der Waals surface area (Å²) in [5.41, 5.74) is -0.737. The lowest BCUT2D eigenvalue weighted by molar-refractivity contribution is -0.138. The van der Waals surface area contributed by atoms with E-state index in [4.69, 9.17) is 0 Å². The molecule has 5 nitrogen and oxygen atoms in total. The normalized spacial score (nSPS) is 22.0. The lowest BCUT2D eigenvalue weighted by Crippen LogP contribution is -2.47. The van der Waals surface area contributed by atoms with Crippen molar-refractivity contribution in [3.63, 3.8) is 0 Å². The fourth-order valence-corrected chi connectivity index (χ4v) is 4.29. The highest BCUT2D eigenvalue weighted by Gasteiger charge is 2.33. The molecule has 2 saturated heterocycles. The predicted molar refractivity (Wildman–Crippen MR) is 102 cm³/mol. The smallest absolute Gasteiger partial charge is 0.357 e. The van der Waals surface area contributed by atoms with Gasteiger partial charge in [0.25, 0.3) is 0 Å². The van der Waals surface area contributed by atoms with Gasteiger partial charge in [-0.15, -0.1) is 0 Å². The fraction of sp³-hybridized carbons (Fsp3) is 0.700. The number of amides is 1. The minimum absolute atomic E-state index is 0.00352. The molecule has 1 amide bonds. The first-order valence-corrected chi connectivity index (χ1v) is 9.95. The topological polar surface area (TPSA) is 39.7 Å². The maximum atomic E-state index is 12.9. The second-order valence-corrected chi connectivity index (χ2v) is 8.22. The lowest BCUT2D eigenvalue weighted by Gasteiger charge is -2.38. The van der Waals surface area contributed by atoms with E-state index in [-0.39, 0.29) is 11.8 Å². The second kappa shape index (κ2) is 8.68. The zero-order chi connectivity index (χ0) is 20.3. The number of anilines is 1. The molecule has 0 N–H and O–H groups in total. The van der Waals surface area contributed by atoms with Gasteiger partial charge in [0.1, 0.15) is 5.82 Å². The van der Waals surface area contributed by atoms with Crippen molar-refractivity contribution < 1.29 is 18.0 Å². The number of piperidine rings is 2. The van der Waals surface area contributed by atoms with Gasteiger partial charge in [-0.2, -0.15) is 13.2 Å². The third kappa shape index (κ3) is 5.16. The van der Waals surface area contributed by atoms with Gasteiger partial charge in [-0.3, -0.25) is 4.79 Å². The lowest BCUT2D eigenvalue weighted by atomic mass is 9.92. The molecule has 0 unspecified atom stereocenters. The number of aromatic nitrogens is 1. The zero-order valence-corrected chi connectivity index (χ0v) is 16.6. The highest BCUT2D eigenvalue weighted by Crippen LogP contribution is 2.30. The minimum atomic E-state index is -4.37. The van der Waals surface area contributed by atoms with Crippen LogP contribution < -0.4 is 4.90 Å². The second-order valence-electron chi connectivity index (χ2n) is 8.22. The first-order valence-electron chi connectivity index (χ1n) is 9.95. The van der Waals surface area contributed by atoms with Gasteiger partial charge in [-0.25, -0.2) is 4.98 Å². The summed E-state index contributed by atoms with van der Waals surface area (Å²) in [6, 6.07) is 2.49. The quantitative estimate of drug-likeness (QED) is 0.781. The third-order valence-corrected chi connectivity index (χ3v) is 5.70. The standard InChI is InChI=1S/C20H29F3N4O/c1-25(2)13-15-4-3-9-27(14-15)19(28)16-7-10-26(11-8-16)18-6-5-17(12-24-18)20(21,22)23/h5-6,12,15-16H,3-4,7-11,13-14H2,1-2H3/t15-/m0/s1. The Balaban J connectivity index is 1.52. The van der Waals surface area contributed by atoms with E-state index < -0.39 is 11.7 Å². The molecule has 3 heterocycles. The van der Waals surface area contributed by atoms with Crippen LogP contribution in [-0.4, -0.2) is 67.5 Å². The molecule has 1 atom stereocenters. The van der Waals surface area contributed by atoms with Crippen molar-refractivity contribution in [2.24, 2.45) is 11.8 Å². The molecule has 156 valence electrons. The maximum Gasteiger partial charge on any atom is 0.417 e. The van der Waals surface area contributed by atoms with Crippen LogP contribution in [0.25, 0.3) is 0 Å². The molecule has 2 aliphatic heterocycles. The van der Waals surface area contributed by atoms with Crippen molar-refractivity contribution in [1.82, 2.24) is 14.8 Å². The van der Waals surface area contributed by atoms with Gasteiger partial charge in [-0.1, -0.05) is 0 Å². The van der Waals surface area contributed by atoms with Crippen LogP contribution in [0.3, 0.4) is 0 Å². The number of hydrogen-bond donors (Lipinski definition) is 0. The van der Waals surface area contributed by atoms with Crippen LogP contribution >= 0.6 is 0 Å². The molecule has 1 aromatic heterocycles. The average Bonchev–Trinajstić information content (AvgIpc) is 2.67. The van der Waals surface area contributed by atoms with Crippen molar-refractivity contribution >= 4 is 11.7 Å². The first kappa shape index (κ1) is 20.9. The molecule has 0 aliphatic carbocycles. The van der Waals surface area contributed by atoms with Crippen LogP contribution in [0.4, 0.5) is 19.0 Å². The highest BCUT2D eigenvalue weighted by molar-refractivity contribution is 5.79. The summed E-state index contributed by atoms with van der Waals surface area (Å²) in [5, 5.41) is 0. The Labute approximate surface area is 164 Å². The van der Waals surface area contributed by atoms with Crippen molar-refractivity contribution in [2.45, 2.75) is 31.9 Å². The van der Waals surface area contributed by atoms with Crippen LogP contribution in [-0.2, 0) is 11.0 Å². The number of carbonyl (C=O) groups is 1. The SMILES string of the molecule is CN(C)C[C@@H]1CCCN(C(=O)C2CCN(c3ccc(C(F)(F)F)cn3)CC2)C1. The third-order valence-electron chi connectivity index (χ3n) is 5.70. The molecule has 1 aromatic rings. The number of carbonyl (C=O) groups excluding carboxylic acids is 1. The minimum Gasteiger partial charge on any atom is -0.357 e. The van der Waals surface area contributed by atoms with Crippen molar-refractivity contribution in [3.05, 3.63) is 23.9 Å². The Bertz CT molecular complexity index is 654. The van der Waals surface area contributed by atoms with Crippen molar-refractivity contribution in [2.75, 3.05) is 51.7 Å². The molecular formula is C20H29F3N4O. The van der Waals surface area contributed by atoms with Gasteiger partial charge in [0.05, 0.1) is 5.56 Å². The van der Waals surface area contributed by atoms with E-state index in [0.717, 1.165) is 51.2 Å². The van der Waals surface area contributed by atoms with Crippen LogP contribution in [0, 0.1) is 11.8 Å². The van der Waals surface area contributed by atoms with Gasteiger partial charge < -0.3 is 14.7 Å². The number of hydrogen-bond acceptors (Lipinski definition) is 4. The fourth-order valence-electron chi connectivity index (χ4n) is 4.29. The number of rotatable bonds is 4. The molecule has 8 heteroatoms. The molecule has 0 spiro atoms. The van der Waals surface area contributed by atoms with Crippen LogP contribution in [0.1, 0.15) is 31.2 Å². The van der Waals surface area contributed by atoms with E-state index in [1.165, 1.54) is 12.5 Å². The van der Waals surface area contributed by atoms with Gasteiger partial charge in [0.2, 0.25) is 5.91 Å². The molecule has 2 aliphatic rings. The van der Waals surface area contributed by atoms with Crippen LogP contribution in [0.2, 0.25) is 0 Å². The Morgan fingerprint density at radius 2 is 1.89 bits per heavy atom. The molecule has 0 radical (unpaired) electrons. The summed E-state index contributed by atoms with van der Waals surface area (Å²) in [6.45, 7) is 3.95. The van der Waals surface area contributed by atoms with Crippen molar-refractivity contribution in [1.29, 1.82) is 0 Å². The Morgan fingerprint density at radius 3 is 2.46 bits per heavy atom. The van der Waals surface area contributed by atoms with E-state index in [1.807, 2.05) is 9.80 Å². The number of likely N-dealkylation sites (tertiary alicyclic amines) is 1. The Morgan fingerprint density at radius 1 is 1.18 bits per heavy atom. The molecule has 0 aromatic carbocycles. The van der Waals surface area contributed by atoms with Gasteiger partial charge in [-0.05, 0) is 57.8 Å². The summed E-state index contributed by atoms with van der Waals surface area (Å²) >= 11 is 0. The zero-order valence-electron chi connectivity index (χ0n) is 16.6. The molecule has 2 fully saturated rings. The molecule has 0 saturated carbocycles. The van der Waals surface area contributed by atoms with E-state index in [1.54, 1.807) is 0 Å². The highest BCUT2D eigenvalue weighted by atomic mass is 19.4.